The molecule has 3 rings (SSSR count). The van der Waals surface area contributed by atoms with E-state index in [-0.39, 0.29) is 5.69 Å². The molecule has 8 heteroatoms. The van der Waals surface area contributed by atoms with Gasteiger partial charge in [0.2, 0.25) is 0 Å². The van der Waals surface area contributed by atoms with Gasteiger partial charge in [-0.3, -0.25) is 10.1 Å². The number of piperidine rings is 1. The van der Waals surface area contributed by atoms with Crippen LogP contribution >= 0.6 is 0 Å². The summed E-state index contributed by atoms with van der Waals surface area (Å²) in [6, 6.07) is 3.21. The average molecular weight is 302 g/mol. The molecule has 1 unspecified atom stereocenters. The fourth-order valence-corrected chi connectivity index (χ4v) is 2.89. The number of anilines is 1. The third-order valence-electron chi connectivity index (χ3n) is 4.04. The molecule has 0 aliphatic carbocycles. The van der Waals surface area contributed by atoms with Gasteiger partial charge in [-0.15, -0.1) is 10.2 Å². The van der Waals surface area contributed by atoms with E-state index in [1.807, 2.05) is 0 Å². The number of hydrogen-bond acceptors (Lipinski definition) is 6. The summed E-state index contributed by atoms with van der Waals surface area (Å²) in [5, 5.41) is 19.0. The molecule has 0 amide bonds. The van der Waals surface area contributed by atoms with E-state index in [2.05, 4.69) is 31.6 Å². The van der Waals surface area contributed by atoms with E-state index in [9.17, 15) is 10.1 Å². The van der Waals surface area contributed by atoms with Crippen LogP contribution in [0.2, 0.25) is 0 Å². The van der Waals surface area contributed by atoms with Gasteiger partial charge in [0.15, 0.2) is 0 Å². The molecule has 116 valence electrons. The van der Waals surface area contributed by atoms with Gasteiger partial charge in [0, 0.05) is 31.6 Å². The first-order valence-electron chi connectivity index (χ1n) is 7.42. The van der Waals surface area contributed by atoms with E-state index in [4.69, 9.17) is 0 Å². The molecule has 2 aromatic rings. The maximum absolute atomic E-state index is 10.7. The molecule has 22 heavy (non-hydrogen) atoms. The van der Waals surface area contributed by atoms with E-state index in [0.29, 0.717) is 5.92 Å². The summed E-state index contributed by atoms with van der Waals surface area (Å²) >= 11 is 0. The van der Waals surface area contributed by atoms with Crippen molar-refractivity contribution in [3.05, 3.63) is 40.6 Å². The molecule has 0 bridgehead atoms. The van der Waals surface area contributed by atoms with Crippen molar-refractivity contribution in [1.29, 1.82) is 0 Å². The minimum atomic E-state index is -0.431. The Morgan fingerprint density at radius 2 is 2.32 bits per heavy atom. The Morgan fingerprint density at radius 3 is 3.00 bits per heavy atom. The van der Waals surface area contributed by atoms with Crippen LogP contribution in [-0.2, 0) is 6.54 Å². The molecular weight excluding hydrogens is 284 g/mol. The second-order valence-electron chi connectivity index (χ2n) is 5.39. The zero-order chi connectivity index (χ0) is 15.5. The van der Waals surface area contributed by atoms with E-state index < -0.39 is 4.92 Å². The lowest BCUT2D eigenvalue weighted by Crippen LogP contribution is -2.35. The fraction of sp³-hybridized carbons (Fsp3) is 0.500. The second-order valence-corrected chi connectivity index (χ2v) is 5.39. The lowest BCUT2D eigenvalue weighted by Gasteiger charge is -2.33. The average Bonchev–Trinajstić information content (AvgIpc) is 3.04. The molecule has 0 N–H and O–H groups in total. The van der Waals surface area contributed by atoms with Crippen LogP contribution < -0.4 is 4.90 Å². The predicted molar refractivity (Wildman–Crippen MR) is 80.8 cm³/mol. The Balaban J connectivity index is 1.76. The minimum absolute atomic E-state index is 0.0167. The van der Waals surface area contributed by atoms with Gasteiger partial charge in [0.05, 0.1) is 4.92 Å². The molecule has 1 aliphatic rings. The number of aromatic nitrogens is 4. The minimum Gasteiger partial charge on any atom is -0.356 e. The molecule has 0 aromatic carbocycles. The first kappa shape index (κ1) is 14.4. The number of pyridine rings is 1. The highest BCUT2D eigenvalue weighted by Gasteiger charge is 2.26. The predicted octanol–water partition coefficient (Wildman–Crippen LogP) is 1.99. The van der Waals surface area contributed by atoms with Gasteiger partial charge in [0.1, 0.15) is 24.2 Å². The zero-order valence-electron chi connectivity index (χ0n) is 12.4. The van der Waals surface area contributed by atoms with Gasteiger partial charge in [-0.25, -0.2) is 4.98 Å². The number of aryl methyl sites for hydroxylation is 1. The van der Waals surface area contributed by atoms with E-state index in [0.717, 1.165) is 44.1 Å². The van der Waals surface area contributed by atoms with Crippen LogP contribution in [-0.4, -0.2) is 37.8 Å². The fourth-order valence-electron chi connectivity index (χ4n) is 2.89. The highest BCUT2D eigenvalue weighted by Crippen LogP contribution is 2.28. The molecule has 8 nitrogen and oxygen atoms in total. The molecule has 1 saturated heterocycles. The molecule has 1 atom stereocenters. The van der Waals surface area contributed by atoms with Crippen molar-refractivity contribution in [3.63, 3.8) is 0 Å². The van der Waals surface area contributed by atoms with E-state index in [1.165, 1.54) is 12.3 Å². The largest absolute Gasteiger partial charge is 0.356 e. The summed E-state index contributed by atoms with van der Waals surface area (Å²) in [6.07, 6.45) is 5.19. The van der Waals surface area contributed by atoms with Gasteiger partial charge in [-0.05, 0) is 25.8 Å². The Hall–Kier alpha value is -2.51. The van der Waals surface area contributed by atoms with Crippen molar-refractivity contribution >= 4 is 11.5 Å². The Bertz CT molecular complexity index is 654. The maximum Gasteiger partial charge on any atom is 0.287 e. The highest BCUT2D eigenvalue weighted by molar-refractivity contribution is 5.43. The molecule has 0 spiro atoms. The first-order valence-corrected chi connectivity index (χ1v) is 7.42. The number of nitro groups is 1. The third-order valence-corrected chi connectivity index (χ3v) is 4.04. The van der Waals surface area contributed by atoms with Gasteiger partial charge in [-0.2, -0.15) is 0 Å². The van der Waals surface area contributed by atoms with Crippen molar-refractivity contribution in [1.82, 2.24) is 19.7 Å². The monoisotopic (exact) mass is 302 g/mol. The van der Waals surface area contributed by atoms with Gasteiger partial charge in [0.25, 0.3) is 5.69 Å². The van der Waals surface area contributed by atoms with Crippen LogP contribution in [0.15, 0.2) is 24.7 Å². The molecular formula is C14H18N6O2. The topological polar surface area (TPSA) is 90.0 Å². The van der Waals surface area contributed by atoms with Crippen molar-refractivity contribution in [3.8, 4) is 0 Å². The Kier molecular flexibility index (Phi) is 3.99. The summed E-state index contributed by atoms with van der Waals surface area (Å²) in [5.41, 5.74) is 0.0167. The molecule has 3 heterocycles. The van der Waals surface area contributed by atoms with Crippen LogP contribution in [0.1, 0.15) is 31.5 Å². The van der Waals surface area contributed by atoms with Gasteiger partial charge >= 0.3 is 0 Å². The normalized spacial score (nSPS) is 18.4. The quantitative estimate of drug-likeness (QED) is 0.633. The highest BCUT2D eigenvalue weighted by atomic mass is 16.6. The summed E-state index contributed by atoms with van der Waals surface area (Å²) in [4.78, 5) is 16.7. The number of rotatable bonds is 4. The smallest absolute Gasteiger partial charge is 0.287 e. The van der Waals surface area contributed by atoms with Crippen molar-refractivity contribution in [2.24, 2.45) is 0 Å². The summed E-state index contributed by atoms with van der Waals surface area (Å²) in [7, 11) is 0. The van der Waals surface area contributed by atoms with Gasteiger partial charge in [-0.1, -0.05) is 0 Å². The first-order chi connectivity index (χ1) is 10.7. The van der Waals surface area contributed by atoms with Crippen molar-refractivity contribution in [2.75, 3.05) is 18.0 Å². The second kappa shape index (κ2) is 6.08. The molecule has 2 aromatic heterocycles. The van der Waals surface area contributed by atoms with E-state index >= 15 is 0 Å². The zero-order valence-corrected chi connectivity index (χ0v) is 12.4. The van der Waals surface area contributed by atoms with Crippen LogP contribution in [0.25, 0.3) is 0 Å². The summed E-state index contributed by atoms with van der Waals surface area (Å²) < 4.78 is 2.07. The van der Waals surface area contributed by atoms with Crippen molar-refractivity contribution < 1.29 is 4.92 Å². The van der Waals surface area contributed by atoms with Crippen LogP contribution in [0.5, 0.6) is 0 Å². The lowest BCUT2D eigenvalue weighted by atomic mass is 9.97. The Morgan fingerprint density at radius 1 is 1.45 bits per heavy atom. The molecule has 1 fully saturated rings. The lowest BCUT2D eigenvalue weighted by molar-refractivity contribution is -0.385. The van der Waals surface area contributed by atoms with Crippen LogP contribution in [0.3, 0.4) is 0 Å². The maximum atomic E-state index is 10.7. The van der Waals surface area contributed by atoms with Crippen molar-refractivity contribution in [2.45, 2.75) is 32.2 Å². The standard InChI is InChI=1S/C14H18N6O2/c1-2-18-10-16-17-14(18)11-4-3-7-19(9-11)13-6-5-12(8-15-13)20(21)22/h5-6,8,10-11H,2-4,7,9H2,1H3. The molecule has 1 aliphatic heterocycles. The van der Waals surface area contributed by atoms with Crippen LogP contribution in [0.4, 0.5) is 11.5 Å². The summed E-state index contributed by atoms with van der Waals surface area (Å²) in [5.74, 6) is 2.10. The summed E-state index contributed by atoms with van der Waals surface area (Å²) in [6.45, 7) is 4.64. The SMILES string of the molecule is CCn1cnnc1C1CCCN(c2ccc([N+](=O)[O-])cn2)C1. The molecule has 0 radical (unpaired) electrons. The Labute approximate surface area is 127 Å². The number of hydrogen-bond donors (Lipinski definition) is 0. The third kappa shape index (κ3) is 2.76. The van der Waals surface area contributed by atoms with Gasteiger partial charge < -0.3 is 9.47 Å². The van der Waals surface area contributed by atoms with E-state index in [1.54, 1.807) is 12.4 Å². The number of nitrogens with zero attached hydrogens (tertiary/aromatic N) is 6. The van der Waals surface area contributed by atoms with Crippen LogP contribution in [0, 0.1) is 10.1 Å². The molecule has 0 saturated carbocycles.